The van der Waals surface area contributed by atoms with Crippen molar-refractivity contribution in [3.8, 4) is 11.1 Å². The van der Waals surface area contributed by atoms with E-state index in [0.717, 1.165) is 11.1 Å². The van der Waals surface area contributed by atoms with Gasteiger partial charge >= 0.3 is 0 Å². The van der Waals surface area contributed by atoms with Crippen molar-refractivity contribution >= 4 is 38.1 Å². The van der Waals surface area contributed by atoms with Crippen molar-refractivity contribution in [2.45, 2.75) is 11.4 Å². The molecule has 0 spiro atoms. The molecular weight excluding hydrogens is 420 g/mol. The minimum atomic E-state index is -4.01. The first-order valence-corrected chi connectivity index (χ1v) is 9.82. The maximum absolute atomic E-state index is 12.2. The van der Waals surface area contributed by atoms with Crippen molar-refractivity contribution < 1.29 is 8.42 Å². The van der Waals surface area contributed by atoms with Crippen LogP contribution < -0.4 is 10.9 Å². The normalized spacial score (nSPS) is 14.2. The molecule has 0 aromatic heterocycles. The van der Waals surface area contributed by atoms with E-state index in [2.05, 4.69) is 36.1 Å². The third kappa shape index (κ3) is 3.71. The summed E-state index contributed by atoms with van der Waals surface area (Å²) in [7, 11) is -4.01. The number of primary sulfonamides is 1. The van der Waals surface area contributed by atoms with Gasteiger partial charge in [-0.1, -0.05) is 30.3 Å². The molecule has 3 rings (SSSR count). The summed E-state index contributed by atoms with van der Waals surface area (Å²) < 4.78 is 24.7. The van der Waals surface area contributed by atoms with Crippen molar-refractivity contribution in [3.05, 3.63) is 52.0 Å². The van der Waals surface area contributed by atoms with Crippen LogP contribution >= 0.6 is 15.9 Å². The van der Waals surface area contributed by atoms with Gasteiger partial charge in [0.25, 0.3) is 0 Å². The predicted molar refractivity (Wildman–Crippen MR) is 104 cm³/mol. The molecule has 10 heteroatoms. The fraction of sp³-hybridized carbons (Fsp3) is 0.125. The van der Waals surface area contributed by atoms with Crippen molar-refractivity contribution in [2.75, 3.05) is 6.67 Å². The van der Waals surface area contributed by atoms with Crippen LogP contribution in [0.5, 0.6) is 0 Å². The number of benzene rings is 2. The molecule has 2 aromatic carbocycles. The highest BCUT2D eigenvalue weighted by atomic mass is 79.9. The fourth-order valence-electron chi connectivity index (χ4n) is 2.60. The maximum Gasteiger partial charge on any atom is 0.239 e. The first-order valence-electron chi connectivity index (χ1n) is 7.49. The summed E-state index contributed by atoms with van der Waals surface area (Å²) in [6, 6.07) is 10.9. The number of nitrogens with zero attached hydrogens (tertiary/aromatic N) is 4. The van der Waals surface area contributed by atoms with Gasteiger partial charge in [-0.05, 0) is 38.7 Å². The lowest BCUT2D eigenvalue weighted by Gasteiger charge is -2.14. The molecule has 0 aliphatic carbocycles. The van der Waals surface area contributed by atoms with Gasteiger partial charge in [0, 0.05) is 10.0 Å². The molecule has 26 heavy (non-hydrogen) atoms. The van der Waals surface area contributed by atoms with E-state index >= 15 is 0 Å². The van der Waals surface area contributed by atoms with Gasteiger partial charge in [0.1, 0.15) is 4.90 Å². The monoisotopic (exact) mass is 434 g/mol. The van der Waals surface area contributed by atoms with Gasteiger partial charge in [-0.3, -0.25) is 4.99 Å². The number of azo groups is 1. The van der Waals surface area contributed by atoms with Crippen LogP contribution in [0.2, 0.25) is 0 Å². The summed E-state index contributed by atoms with van der Waals surface area (Å²) in [5, 5.41) is 13.2. The lowest BCUT2D eigenvalue weighted by molar-refractivity contribution is 0.597. The number of hydrogen-bond acceptors (Lipinski definition) is 6. The van der Waals surface area contributed by atoms with E-state index in [1.165, 1.54) is 6.34 Å². The summed E-state index contributed by atoms with van der Waals surface area (Å²) in [5.41, 5.74) is 8.00. The molecular formula is C16H15BrN6O2S. The van der Waals surface area contributed by atoms with Gasteiger partial charge in [0.2, 0.25) is 10.0 Å². The van der Waals surface area contributed by atoms with Crippen LogP contribution in [0, 0.1) is 0 Å². The number of halogens is 1. The quantitative estimate of drug-likeness (QED) is 0.551. The zero-order chi connectivity index (χ0) is 18.7. The lowest BCUT2D eigenvalue weighted by Crippen LogP contribution is -2.18. The SMILES string of the molecule is NC=NCc1ccc(-c2ccc(Br)c(S(N)(=O)=O)c2C2=NCN=N2)cc1. The second-order valence-electron chi connectivity index (χ2n) is 5.40. The van der Waals surface area contributed by atoms with E-state index in [1.807, 2.05) is 24.3 Å². The highest BCUT2D eigenvalue weighted by molar-refractivity contribution is 9.10. The highest BCUT2D eigenvalue weighted by Crippen LogP contribution is 2.35. The number of aliphatic imine (C=N–C) groups is 2. The summed E-state index contributed by atoms with van der Waals surface area (Å²) in [6.07, 6.45) is 1.25. The molecule has 0 saturated heterocycles. The Balaban J connectivity index is 2.20. The van der Waals surface area contributed by atoms with Gasteiger partial charge < -0.3 is 5.73 Å². The predicted octanol–water partition coefficient (Wildman–Crippen LogP) is 2.42. The maximum atomic E-state index is 12.2. The van der Waals surface area contributed by atoms with E-state index in [0.29, 0.717) is 22.1 Å². The molecule has 0 saturated carbocycles. The summed E-state index contributed by atoms with van der Waals surface area (Å²) in [4.78, 5) is 8.10. The Morgan fingerprint density at radius 3 is 2.50 bits per heavy atom. The third-order valence-electron chi connectivity index (χ3n) is 3.71. The fourth-order valence-corrected chi connectivity index (χ4v) is 4.44. The molecule has 0 radical (unpaired) electrons. The van der Waals surface area contributed by atoms with Crippen molar-refractivity contribution in [3.63, 3.8) is 0 Å². The van der Waals surface area contributed by atoms with Crippen LogP contribution in [0.4, 0.5) is 0 Å². The molecule has 0 bridgehead atoms. The Hall–Kier alpha value is -2.43. The Morgan fingerprint density at radius 2 is 1.92 bits per heavy atom. The van der Waals surface area contributed by atoms with E-state index < -0.39 is 10.0 Å². The molecule has 1 heterocycles. The minimum absolute atomic E-state index is 0.0635. The van der Waals surface area contributed by atoms with Crippen molar-refractivity contribution in [2.24, 2.45) is 31.1 Å². The van der Waals surface area contributed by atoms with Gasteiger partial charge in [-0.25, -0.2) is 18.5 Å². The summed E-state index contributed by atoms with van der Waals surface area (Å²) in [6.45, 7) is 0.620. The van der Waals surface area contributed by atoms with Gasteiger partial charge in [-0.15, -0.1) is 5.11 Å². The molecule has 0 unspecified atom stereocenters. The number of rotatable bonds is 5. The third-order valence-corrected chi connectivity index (χ3v) is 5.63. The molecule has 4 N–H and O–H groups in total. The molecule has 0 atom stereocenters. The second-order valence-corrected chi connectivity index (χ2v) is 7.75. The molecule has 8 nitrogen and oxygen atoms in total. The topological polar surface area (TPSA) is 136 Å². The first-order chi connectivity index (χ1) is 12.4. The smallest absolute Gasteiger partial charge is 0.239 e. The number of hydrogen-bond donors (Lipinski definition) is 2. The van der Waals surface area contributed by atoms with Crippen LogP contribution in [0.15, 0.2) is 66.0 Å². The zero-order valence-electron chi connectivity index (χ0n) is 13.5. The van der Waals surface area contributed by atoms with E-state index in [1.54, 1.807) is 12.1 Å². The first kappa shape index (κ1) is 18.4. The average molecular weight is 435 g/mol. The van der Waals surface area contributed by atoms with Crippen LogP contribution in [-0.2, 0) is 16.6 Å². The van der Waals surface area contributed by atoms with Gasteiger partial charge in [-0.2, -0.15) is 5.11 Å². The molecule has 0 fully saturated rings. The second kappa shape index (κ2) is 7.44. The molecule has 134 valence electrons. The average Bonchev–Trinajstić information content (AvgIpc) is 3.13. The Morgan fingerprint density at radius 1 is 1.19 bits per heavy atom. The molecule has 1 aliphatic rings. The van der Waals surface area contributed by atoms with Crippen LogP contribution in [0.1, 0.15) is 11.1 Å². The van der Waals surface area contributed by atoms with Crippen molar-refractivity contribution in [1.29, 1.82) is 0 Å². The largest absolute Gasteiger partial charge is 0.390 e. The van der Waals surface area contributed by atoms with Gasteiger partial charge in [0.15, 0.2) is 12.5 Å². The van der Waals surface area contributed by atoms with E-state index in [-0.39, 0.29) is 17.4 Å². The zero-order valence-corrected chi connectivity index (χ0v) is 15.9. The lowest BCUT2D eigenvalue weighted by atomic mass is 9.98. The number of sulfonamides is 1. The standard InChI is InChI=1S/C16H15BrN6O2S/c17-13-6-5-12(11-3-1-10(2-4-11)7-20-8-18)14(15(13)26(19,24)25)16-21-9-22-23-16/h1-6,8H,7,9H2,(H2,18,20)(H2,19,24,25). The van der Waals surface area contributed by atoms with Crippen LogP contribution in [0.25, 0.3) is 11.1 Å². The van der Waals surface area contributed by atoms with E-state index in [9.17, 15) is 8.42 Å². The summed E-state index contributed by atoms with van der Waals surface area (Å²) in [5.74, 6) is 0.238. The van der Waals surface area contributed by atoms with Crippen molar-refractivity contribution in [1.82, 2.24) is 0 Å². The Kier molecular flexibility index (Phi) is 5.25. The molecule has 0 amide bonds. The van der Waals surface area contributed by atoms with Crippen LogP contribution in [0.3, 0.4) is 0 Å². The number of nitrogens with two attached hydrogens (primary N) is 2. The molecule has 2 aromatic rings. The Labute approximate surface area is 158 Å². The highest BCUT2D eigenvalue weighted by Gasteiger charge is 2.26. The van der Waals surface area contributed by atoms with Crippen LogP contribution in [-0.4, -0.2) is 27.3 Å². The summed E-state index contributed by atoms with van der Waals surface area (Å²) >= 11 is 3.26. The molecule has 1 aliphatic heterocycles. The minimum Gasteiger partial charge on any atom is -0.390 e. The number of amidine groups is 1. The Bertz CT molecular complexity index is 1030. The van der Waals surface area contributed by atoms with Gasteiger partial charge in [0.05, 0.1) is 12.9 Å². The van der Waals surface area contributed by atoms with E-state index in [4.69, 9.17) is 10.9 Å².